The van der Waals surface area contributed by atoms with E-state index in [9.17, 15) is 14.4 Å². The smallest absolute Gasteiger partial charge is 0.343 e. The van der Waals surface area contributed by atoms with Gasteiger partial charge < -0.3 is 14.1 Å². The molecule has 0 radical (unpaired) electrons. The SMILES string of the molecule is CSc1nc(-c2ccco2)nc(C)c1C(=O)OCC(=O)c1[nH]c(C)c(C(C)=O)c1C. The summed E-state index contributed by atoms with van der Waals surface area (Å²) in [5.41, 5.74) is 2.52. The van der Waals surface area contributed by atoms with Crippen molar-refractivity contribution in [2.24, 2.45) is 0 Å². The number of rotatable bonds is 7. The number of esters is 1. The largest absolute Gasteiger partial charge is 0.461 e. The first kappa shape index (κ1) is 21.5. The van der Waals surface area contributed by atoms with Gasteiger partial charge in [-0.25, -0.2) is 14.8 Å². The minimum atomic E-state index is -0.691. The van der Waals surface area contributed by atoms with E-state index in [0.29, 0.717) is 39.1 Å². The first-order chi connectivity index (χ1) is 14.2. The van der Waals surface area contributed by atoms with Crippen LogP contribution in [0.2, 0.25) is 0 Å². The van der Waals surface area contributed by atoms with Crippen LogP contribution in [0.15, 0.2) is 27.8 Å². The van der Waals surface area contributed by atoms with Crippen LogP contribution in [0.5, 0.6) is 0 Å². The Hall–Kier alpha value is -3.20. The van der Waals surface area contributed by atoms with Gasteiger partial charge in [-0.3, -0.25) is 9.59 Å². The predicted octanol–water partition coefficient (Wildman–Crippen LogP) is 3.95. The van der Waals surface area contributed by atoms with Gasteiger partial charge in [0.2, 0.25) is 5.78 Å². The molecule has 3 aromatic heterocycles. The van der Waals surface area contributed by atoms with Gasteiger partial charge in [-0.1, -0.05) is 0 Å². The molecule has 0 spiro atoms. The maximum Gasteiger partial charge on any atom is 0.343 e. The number of aryl methyl sites for hydroxylation is 2. The maximum atomic E-state index is 12.7. The minimum absolute atomic E-state index is 0.133. The van der Waals surface area contributed by atoms with Gasteiger partial charge in [0.25, 0.3) is 0 Å². The fourth-order valence-electron chi connectivity index (χ4n) is 3.28. The topological polar surface area (TPSA) is 115 Å². The summed E-state index contributed by atoms with van der Waals surface area (Å²) in [6, 6.07) is 3.45. The molecule has 0 saturated heterocycles. The van der Waals surface area contributed by atoms with Gasteiger partial charge in [-0.2, -0.15) is 0 Å². The number of Topliss-reactive ketones (excluding diaryl/α,β-unsaturated/α-hetero) is 2. The number of nitrogens with zero attached hydrogens (tertiary/aromatic N) is 2. The summed E-state index contributed by atoms with van der Waals surface area (Å²) in [5.74, 6) is -0.394. The van der Waals surface area contributed by atoms with Gasteiger partial charge in [0.15, 0.2) is 24.0 Å². The second kappa shape index (κ2) is 8.66. The second-order valence-electron chi connectivity index (χ2n) is 6.67. The molecule has 9 heteroatoms. The number of nitrogens with one attached hydrogen (secondary N) is 1. The third-order valence-electron chi connectivity index (χ3n) is 4.60. The summed E-state index contributed by atoms with van der Waals surface area (Å²) in [7, 11) is 0. The molecule has 0 unspecified atom stereocenters. The molecule has 3 heterocycles. The third-order valence-corrected chi connectivity index (χ3v) is 5.28. The van der Waals surface area contributed by atoms with Crippen molar-refractivity contribution in [3.05, 3.63) is 52.2 Å². The number of carbonyl (C=O) groups excluding carboxylic acids is 3. The molecular formula is C21H21N3O5S. The number of aromatic amines is 1. The Morgan fingerprint density at radius 3 is 2.47 bits per heavy atom. The van der Waals surface area contributed by atoms with Crippen molar-refractivity contribution in [3.63, 3.8) is 0 Å². The van der Waals surface area contributed by atoms with Gasteiger partial charge in [0.05, 0.1) is 17.7 Å². The quantitative estimate of drug-likeness (QED) is 0.261. The highest BCUT2D eigenvalue weighted by Gasteiger charge is 2.24. The Morgan fingerprint density at radius 1 is 1.17 bits per heavy atom. The van der Waals surface area contributed by atoms with E-state index in [1.54, 1.807) is 39.2 Å². The van der Waals surface area contributed by atoms with Crippen LogP contribution in [0.1, 0.15) is 55.1 Å². The van der Waals surface area contributed by atoms with Crippen LogP contribution in [-0.4, -0.2) is 45.4 Å². The fraction of sp³-hybridized carbons (Fsp3) is 0.286. The zero-order chi connectivity index (χ0) is 22.0. The monoisotopic (exact) mass is 427 g/mol. The molecule has 0 aliphatic rings. The standard InChI is InChI=1S/C21H21N3O5S/c1-10-16(13(4)25)11(2)22-18(10)14(26)9-29-21(27)17-12(3)23-19(24-20(17)30-5)15-7-6-8-28-15/h6-8,22H,9H2,1-5H3. The molecule has 0 amide bonds. The van der Waals surface area contributed by atoms with E-state index in [-0.39, 0.29) is 17.0 Å². The number of H-pyrrole nitrogens is 1. The lowest BCUT2D eigenvalue weighted by molar-refractivity contribution is 0.0467. The number of ketones is 2. The van der Waals surface area contributed by atoms with Crippen LogP contribution in [0, 0.1) is 20.8 Å². The molecule has 0 aliphatic heterocycles. The van der Waals surface area contributed by atoms with Gasteiger partial charge in [0, 0.05) is 11.3 Å². The normalized spacial score (nSPS) is 10.8. The Bertz CT molecular complexity index is 1130. The highest BCUT2D eigenvalue weighted by molar-refractivity contribution is 7.98. The molecular weight excluding hydrogens is 406 g/mol. The van der Waals surface area contributed by atoms with Crippen LogP contribution in [0.3, 0.4) is 0 Å². The van der Waals surface area contributed by atoms with E-state index < -0.39 is 18.4 Å². The molecule has 0 aliphatic carbocycles. The Labute approximate surface area is 177 Å². The number of hydrogen-bond acceptors (Lipinski definition) is 8. The molecule has 0 saturated carbocycles. The Kier molecular flexibility index (Phi) is 6.21. The predicted molar refractivity (Wildman–Crippen MR) is 111 cm³/mol. The number of hydrogen-bond donors (Lipinski definition) is 1. The molecule has 3 rings (SSSR count). The van der Waals surface area contributed by atoms with Crippen molar-refractivity contribution in [2.45, 2.75) is 32.7 Å². The molecule has 30 heavy (non-hydrogen) atoms. The average molecular weight is 427 g/mol. The number of ether oxygens (including phenoxy) is 1. The van der Waals surface area contributed by atoms with E-state index in [0.717, 1.165) is 0 Å². The van der Waals surface area contributed by atoms with E-state index in [4.69, 9.17) is 9.15 Å². The highest BCUT2D eigenvalue weighted by atomic mass is 32.2. The zero-order valence-electron chi connectivity index (χ0n) is 17.3. The highest BCUT2D eigenvalue weighted by Crippen LogP contribution is 2.26. The molecule has 0 bridgehead atoms. The average Bonchev–Trinajstić information content (AvgIpc) is 3.33. The number of carbonyl (C=O) groups is 3. The van der Waals surface area contributed by atoms with Crippen molar-refractivity contribution in [1.29, 1.82) is 0 Å². The van der Waals surface area contributed by atoms with Crippen molar-refractivity contribution in [2.75, 3.05) is 12.9 Å². The Morgan fingerprint density at radius 2 is 1.90 bits per heavy atom. The van der Waals surface area contributed by atoms with Crippen molar-refractivity contribution >= 4 is 29.3 Å². The summed E-state index contributed by atoms with van der Waals surface area (Å²) >= 11 is 1.27. The summed E-state index contributed by atoms with van der Waals surface area (Å²) < 4.78 is 10.6. The summed E-state index contributed by atoms with van der Waals surface area (Å²) in [4.78, 5) is 48.6. The maximum absolute atomic E-state index is 12.7. The second-order valence-corrected chi connectivity index (χ2v) is 7.47. The van der Waals surface area contributed by atoms with E-state index in [1.165, 1.54) is 24.9 Å². The van der Waals surface area contributed by atoms with Crippen molar-refractivity contribution < 1.29 is 23.5 Å². The van der Waals surface area contributed by atoms with E-state index >= 15 is 0 Å². The minimum Gasteiger partial charge on any atom is -0.461 e. The van der Waals surface area contributed by atoms with Crippen LogP contribution >= 0.6 is 11.8 Å². The zero-order valence-corrected chi connectivity index (χ0v) is 18.1. The lowest BCUT2D eigenvalue weighted by Gasteiger charge is -2.11. The first-order valence-corrected chi connectivity index (χ1v) is 10.3. The lowest BCUT2D eigenvalue weighted by atomic mass is 10.1. The van der Waals surface area contributed by atoms with E-state index in [1.807, 2.05) is 0 Å². The summed E-state index contributed by atoms with van der Waals surface area (Å²) in [5, 5.41) is 0.428. The van der Waals surface area contributed by atoms with Crippen LogP contribution in [-0.2, 0) is 4.74 Å². The summed E-state index contributed by atoms with van der Waals surface area (Å²) in [6.07, 6.45) is 3.30. The van der Waals surface area contributed by atoms with Crippen LogP contribution < -0.4 is 0 Å². The van der Waals surface area contributed by atoms with Crippen LogP contribution in [0.25, 0.3) is 11.6 Å². The summed E-state index contributed by atoms with van der Waals surface area (Å²) in [6.45, 7) is 6.05. The molecule has 3 aromatic rings. The molecule has 0 atom stereocenters. The van der Waals surface area contributed by atoms with Gasteiger partial charge in [0.1, 0.15) is 10.6 Å². The Balaban J connectivity index is 1.81. The molecule has 0 aromatic carbocycles. The van der Waals surface area contributed by atoms with Gasteiger partial charge >= 0.3 is 5.97 Å². The molecule has 1 N–H and O–H groups in total. The lowest BCUT2D eigenvalue weighted by Crippen LogP contribution is -2.18. The van der Waals surface area contributed by atoms with Crippen molar-refractivity contribution in [1.82, 2.24) is 15.0 Å². The molecule has 156 valence electrons. The number of furan rings is 1. The number of aromatic nitrogens is 3. The fourth-order valence-corrected chi connectivity index (χ4v) is 3.89. The molecule has 0 fully saturated rings. The number of thioether (sulfide) groups is 1. The first-order valence-electron chi connectivity index (χ1n) is 9.11. The van der Waals surface area contributed by atoms with Crippen molar-refractivity contribution in [3.8, 4) is 11.6 Å². The third kappa shape index (κ3) is 4.06. The molecule has 8 nitrogen and oxygen atoms in total. The van der Waals surface area contributed by atoms with Crippen LogP contribution in [0.4, 0.5) is 0 Å². The van der Waals surface area contributed by atoms with E-state index in [2.05, 4.69) is 15.0 Å². The van der Waals surface area contributed by atoms with Gasteiger partial charge in [-0.05, 0) is 51.6 Å². The van der Waals surface area contributed by atoms with Gasteiger partial charge in [-0.15, -0.1) is 11.8 Å².